The van der Waals surface area contributed by atoms with Gasteiger partial charge in [-0.25, -0.2) is 0 Å². The van der Waals surface area contributed by atoms with Crippen LogP contribution in [0, 0.1) is 6.92 Å². The van der Waals surface area contributed by atoms with Crippen LogP contribution in [0.4, 0.5) is 0 Å². The third-order valence-corrected chi connectivity index (χ3v) is 2.78. The Hall–Kier alpha value is -1.55. The molecule has 0 heterocycles. The molecule has 4 nitrogen and oxygen atoms in total. The average molecular weight is 265 g/mol. The van der Waals surface area contributed by atoms with E-state index in [0.717, 1.165) is 25.0 Å². The number of phenolic OH excluding ortho intramolecular Hbond substituents is 1. The number of rotatable bonds is 7. The average Bonchev–Trinajstić information content (AvgIpc) is 2.36. The fourth-order valence-corrected chi connectivity index (χ4v) is 1.60. The highest BCUT2D eigenvalue weighted by Crippen LogP contribution is 2.17. The maximum absolute atomic E-state index is 11.8. The summed E-state index contributed by atoms with van der Waals surface area (Å²) in [6.45, 7) is 7.15. The number of phenols is 1. The van der Waals surface area contributed by atoms with Gasteiger partial charge in [-0.05, 0) is 51.3 Å². The molecule has 0 saturated carbocycles. The molecule has 0 saturated heterocycles. The lowest BCUT2D eigenvalue weighted by molar-refractivity contribution is 0.0754. The first-order chi connectivity index (χ1) is 9.00. The molecule has 1 amide bonds. The van der Waals surface area contributed by atoms with Crippen LogP contribution in [0.15, 0.2) is 18.2 Å². The summed E-state index contributed by atoms with van der Waals surface area (Å²) in [7, 11) is 0. The number of hydrogen-bond donors (Lipinski definition) is 2. The van der Waals surface area contributed by atoms with Crippen LogP contribution in [0.1, 0.15) is 42.6 Å². The van der Waals surface area contributed by atoms with E-state index in [1.54, 1.807) is 19.1 Å². The molecular weight excluding hydrogens is 242 g/mol. The summed E-state index contributed by atoms with van der Waals surface area (Å²) in [5.41, 5.74) is 1.25. The molecule has 19 heavy (non-hydrogen) atoms. The highest BCUT2D eigenvalue weighted by atomic mass is 16.5. The van der Waals surface area contributed by atoms with E-state index in [1.807, 2.05) is 13.8 Å². The van der Waals surface area contributed by atoms with E-state index in [1.165, 1.54) is 6.07 Å². The van der Waals surface area contributed by atoms with E-state index in [4.69, 9.17) is 4.74 Å². The van der Waals surface area contributed by atoms with Crippen LogP contribution in [-0.4, -0.2) is 30.3 Å². The maximum Gasteiger partial charge on any atom is 0.251 e. The number of benzene rings is 1. The Morgan fingerprint density at radius 3 is 2.74 bits per heavy atom. The molecule has 0 aliphatic carbocycles. The van der Waals surface area contributed by atoms with Gasteiger partial charge in [-0.2, -0.15) is 0 Å². The summed E-state index contributed by atoms with van der Waals surface area (Å²) in [5, 5.41) is 12.4. The molecule has 0 aliphatic rings. The summed E-state index contributed by atoms with van der Waals surface area (Å²) in [4.78, 5) is 11.8. The van der Waals surface area contributed by atoms with Crippen LogP contribution < -0.4 is 5.32 Å². The van der Waals surface area contributed by atoms with Gasteiger partial charge in [-0.15, -0.1) is 0 Å². The molecular formula is C15H23NO3. The first kappa shape index (κ1) is 15.5. The van der Waals surface area contributed by atoms with E-state index in [-0.39, 0.29) is 17.8 Å². The number of hydrogen-bond acceptors (Lipinski definition) is 3. The lowest BCUT2D eigenvalue weighted by Crippen LogP contribution is -2.24. The number of carbonyl (C=O) groups is 1. The van der Waals surface area contributed by atoms with Crippen molar-refractivity contribution >= 4 is 5.91 Å². The number of amides is 1. The molecule has 4 heteroatoms. The summed E-state index contributed by atoms with van der Waals surface area (Å²) in [6, 6.07) is 4.94. The maximum atomic E-state index is 11.8. The van der Waals surface area contributed by atoms with Gasteiger partial charge in [0.25, 0.3) is 5.91 Å². The normalized spacial score (nSPS) is 10.7. The zero-order valence-corrected chi connectivity index (χ0v) is 11.9. The molecule has 0 unspecified atom stereocenters. The van der Waals surface area contributed by atoms with Crippen molar-refractivity contribution in [3.05, 3.63) is 29.3 Å². The lowest BCUT2D eigenvalue weighted by atomic mass is 10.1. The minimum absolute atomic E-state index is 0.151. The predicted molar refractivity (Wildman–Crippen MR) is 75.5 cm³/mol. The SMILES string of the molecule is Cc1ccc(C(=O)NCCCCOC(C)C)cc1O. The van der Waals surface area contributed by atoms with Crippen LogP contribution in [-0.2, 0) is 4.74 Å². The first-order valence-electron chi connectivity index (χ1n) is 6.70. The van der Waals surface area contributed by atoms with Crippen molar-refractivity contribution in [3.8, 4) is 5.75 Å². The van der Waals surface area contributed by atoms with Crippen LogP contribution in [0.25, 0.3) is 0 Å². The third kappa shape index (κ3) is 5.75. The Morgan fingerprint density at radius 1 is 1.37 bits per heavy atom. The Balaban J connectivity index is 2.26. The zero-order chi connectivity index (χ0) is 14.3. The second kappa shape index (κ2) is 7.79. The zero-order valence-electron chi connectivity index (χ0n) is 11.9. The van der Waals surface area contributed by atoms with Crippen molar-refractivity contribution in [2.24, 2.45) is 0 Å². The van der Waals surface area contributed by atoms with Gasteiger partial charge in [0.1, 0.15) is 5.75 Å². The summed E-state index contributed by atoms with van der Waals surface area (Å²) >= 11 is 0. The molecule has 1 aromatic carbocycles. The molecule has 106 valence electrons. The highest BCUT2D eigenvalue weighted by molar-refractivity contribution is 5.94. The number of ether oxygens (including phenoxy) is 1. The van der Waals surface area contributed by atoms with Crippen molar-refractivity contribution < 1.29 is 14.6 Å². The monoisotopic (exact) mass is 265 g/mol. The van der Waals surface area contributed by atoms with Crippen LogP contribution in [0.3, 0.4) is 0 Å². The fraction of sp³-hybridized carbons (Fsp3) is 0.533. The topological polar surface area (TPSA) is 58.6 Å². The van der Waals surface area contributed by atoms with E-state index >= 15 is 0 Å². The van der Waals surface area contributed by atoms with Gasteiger partial charge in [0.05, 0.1) is 6.10 Å². The lowest BCUT2D eigenvalue weighted by Gasteiger charge is -2.08. The van der Waals surface area contributed by atoms with Crippen LogP contribution >= 0.6 is 0 Å². The van der Waals surface area contributed by atoms with Gasteiger partial charge in [-0.1, -0.05) is 6.07 Å². The molecule has 0 spiro atoms. The van der Waals surface area contributed by atoms with Crippen LogP contribution in [0.2, 0.25) is 0 Å². The molecule has 1 rings (SSSR count). The summed E-state index contributed by atoms with van der Waals surface area (Å²) in [6.07, 6.45) is 2.07. The van der Waals surface area contributed by atoms with E-state index in [2.05, 4.69) is 5.32 Å². The molecule has 0 fully saturated rings. The number of nitrogens with one attached hydrogen (secondary N) is 1. The molecule has 1 aromatic rings. The van der Waals surface area contributed by atoms with Crippen LogP contribution in [0.5, 0.6) is 5.75 Å². The van der Waals surface area contributed by atoms with E-state index < -0.39 is 0 Å². The Labute approximate surface area is 114 Å². The van der Waals surface area contributed by atoms with Gasteiger partial charge in [0.2, 0.25) is 0 Å². The van der Waals surface area contributed by atoms with Crippen molar-refractivity contribution in [1.29, 1.82) is 0 Å². The second-order valence-corrected chi connectivity index (χ2v) is 4.88. The smallest absolute Gasteiger partial charge is 0.251 e. The quantitative estimate of drug-likeness (QED) is 0.745. The summed E-state index contributed by atoms with van der Waals surface area (Å²) < 4.78 is 5.42. The first-order valence-corrected chi connectivity index (χ1v) is 6.70. The van der Waals surface area contributed by atoms with E-state index in [0.29, 0.717) is 12.1 Å². The van der Waals surface area contributed by atoms with Gasteiger partial charge in [0.15, 0.2) is 0 Å². The van der Waals surface area contributed by atoms with E-state index in [9.17, 15) is 9.90 Å². The van der Waals surface area contributed by atoms with Crippen molar-refractivity contribution in [2.45, 2.75) is 39.7 Å². The predicted octanol–water partition coefficient (Wildman–Crippen LogP) is 2.64. The Bertz CT molecular complexity index is 416. The minimum atomic E-state index is -0.153. The molecule has 0 aromatic heterocycles. The molecule has 0 radical (unpaired) electrons. The van der Waals surface area contributed by atoms with Gasteiger partial charge in [0, 0.05) is 18.7 Å². The summed E-state index contributed by atoms with van der Waals surface area (Å²) in [5.74, 6) is -0.00180. The standard InChI is InChI=1S/C15H23NO3/c1-11(2)19-9-5-4-8-16-15(18)13-7-6-12(3)14(17)10-13/h6-7,10-11,17H,4-5,8-9H2,1-3H3,(H,16,18). The minimum Gasteiger partial charge on any atom is -0.508 e. The number of unbranched alkanes of at least 4 members (excludes halogenated alkanes) is 1. The fourth-order valence-electron chi connectivity index (χ4n) is 1.60. The Kier molecular flexibility index (Phi) is 6.36. The van der Waals surface area contributed by atoms with Gasteiger partial charge < -0.3 is 15.2 Å². The van der Waals surface area contributed by atoms with Gasteiger partial charge in [-0.3, -0.25) is 4.79 Å². The van der Waals surface area contributed by atoms with Gasteiger partial charge >= 0.3 is 0 Å². The van der Waals surface area contributed by atoms with Crippen molar-refractivity contribution in [3.63, 3.8) is 0 Å². The molecule has 0 atom stereocenters. The number of aryl methyl sites for hydroxylation is 1. The molecule has 0 bridgehead atoms. The molecule has 0 aliphatic heterocycles. The molecule has 2 N–H and O–H groups in total. The second-order valence-electron chi connectivity index (χ2n) is 4.88. The number of carbonyl (C=O) groups excluding carboxylic acids is 1. The number of aromatic hydroxyl groups is 1. The third-order valence-electron chi connectivity index (χ3n) is 2.78. The van der Waals surface area contributed by atoms with Crippen molar-refractivity contribution in [1.82, 2.24) is 5.32 Å². The van der Waals surface area contributed by atoms with Crippen molar-refractivity contribution in [2.75, 3.05) is 13.2 Å². The Morgan fingerprint density at radius 2 is 2.11 bits per heavy atom. The highest BCUT2D eigenvalue weighted by Gasteiger charge is 2.06. The largest absolute Gasteiger partial charge is 0.508 e.